The van der Waals surface area contributed by atoms with E-state index < -0.39 is 0 Å². The molecule has 2 aliphatic rings. The maximum atomic E-state index is 12.8. The Bertz CT molecular complexity index is 575. The molecule has 2 fully saturated rings. The van der Waals surface area contributed by atoms with Crippen LogP contribution in [0.15, 0.2) is 30.3 Å². The Morgan fingerprint density at radius 2 is 2.04 bits per heavy atom. The van der Waals surface area contributed by atoms with Gasteiger partial charge in [-0.25, -0.2) is 0 Å². The predicted molar refractivity (Wildman–Crippen MR) is 88.7 cm³/mol. The summed E-state index contributed by atoms with van der Waals surface area (Å²) < 4.78 is 0. The maximum Gasteiger partial charge on any atom is 0.228 e. The summed E-state index contributed by atoms with van der Waals surface area (Å²) in [4.78, 5) is 29.0. The number of nitrogens with zero attached hydrogens (tertiary/aromatic N) is 2. The van der Waals surface area contributed by atoms with Crippen molar-refractivity contribution in [3.8, 4) is 0 Å². The lowest BCUT2D eigenvalue weighted by Gasteiger charge is -2.35. The van der Waals surface area contributed by atoms with E-state index in [1.165, 1.54) is 0 Å². The zero-order chi connectivity index (χ0) is 16.4. The van der Waals surface area contributed by atoms with Gasteiger partial charge in [0.05, 0.1) is 12.0 Å². The lowest BCUT2D eigenvalue weighted by atomic mass is 10.0. The number of amides is 2. The molecule has 0 bridgehead atoms. The Morgan fingerprint density at radius 3 is 2.74 bits per heavy atom. The fourth-order valence-electron chi connectivity index (χ4n) is 3.59. The summed E-state index contributed by atoms with van der Waals surface area (Å²) in [6, 6.07) is 10.2. The summed E-state index contributed by atoms with van der Waals surface area (Å²) in [5.74, 6) is 0.0202. The third-order valence-electron chi connectivity index (χ3n) is 5.04. The molecule has 1 N–H and O–H groups in total. The van der Waals surface area contributed by atoms with E-state index in [-0.39, 0.29) is 29.8 Å². The van der Waals surface area contributed by atoms with Crippen molar-refractivity contribution >= 4 is 11.8 Å². The van der Waals surface area contributed by atoms with E-state index in [0.717, 1.165) is 25.2 Å². The Morgan fingerprint density at radius 1 is 1.30 bits per heavy atom. The first-order valence-electron chi connectivity index (χ1n) is 8.43. The van der Waals surface area contributed by atoms with Gasteiger partial charge < -0.3 is 15.1 Å². The average Bonchev–Trinajstić information content (AvgIpc) is 2.96. The molecule has 1 aromatic carbocycles. The first-order chi connectivity index (χ1) is 11.1. The highest BCUT2D eigenvalue weighted by Crippen LogP contribution is 2.29. The zero-order valence-electron chi connectivity index (χ0n) is 13.9. The molecule has 0 saturated carbocycles. The number of rotatable bonds is 3. The summed E-state index contributed by atoms with van der Waals surface area (Å²) in [5, 5.41) is 3.30. The van der Waals surface area contributed by atoms with Crippen molar-refractivity contribution in [2.75, 3.05) is 26.2 Å². The molecule has 124 valence electrons. The fourth-order valence-corrected chi connectivity index (χ4v) is 3.59. The van der Waals surface area contributed by atoms with E-state index in [4.69, 9.17) is 0 Å². The fraction of sp³-hybridized carbons (Fsp3) is 0.556. The monoisotopic (exact) mass is 315 g/mol. The van der Waals surface area contributed by atoms with E-state index in [0.29, 0.717) is 13.0 Å². The van der Waals surface area contributed by atoms with Gasteiger partial charge in [-0.2, -0.15) is 0 Å². The van der Waals surface area contributed by atoms with E-state index in [1.807, 2.05) is 47.1 Å². The Kier molecular flexibility index (Phi) is 4.66. The second kappa shape index (κ2) is 6.71. The Balaban J connectivity index is 1.68. The van der Waals surface area contributed by atoms with Gasteiger partial charge in [0.25, 0.3) is 0 Å². The number of carbonyl (C=O) groups excluding carboxylic acids is 2. The molecular weight excluding hydrogens is 290 g/mol. The van der Waals surface area contributed by atoms with Crippen LogP contribution in [0.4, 0.5) is 0 Å². The summed E-state index contributed by atoms with van der Waals surface area (Å²) in [6.45, 7) is 7.03. The summed E-state index contributed by atoms with van der Waals surface area (Å²) in [5.41, 5.74) is 1.12. The van der Waals surface area contributed by atoms with Gasteiger partial charge in [0, 0.05) is 38.6 Å². The number of likely N-dealkylation sites (tertiary alicyclic amines) is 1. The number of piperazine rings is 1. The van der Waals surface area contributed by atoms with Gasteiger partial charge in [-0.3, -0.25) is 9.59 Å². The topological polar surface area (TPSA) is 52.7 Å². The molecule has 0 aliphatic carbocycles. The standard InChI is InChI=1S/C18H25N3O2/c1-13-11-19-8-9-20(13)18(23)16-10-17(22)21(12-16)14(2)15-6-4-3-5-7-15/h3-7,13-14,16,19H,8-12H2,1-2H3. The van der Waals surface area contributed by atoms with E-state index in [1.54, 1.807) is 0 Å². The third-order valence-corrected chi connectivity index (χ3v) is 5.04. The molecule has 2 aliphatic heterocycles. The first-order valence-corrected chi connectivity index (χ1v) is 8.43. The number of hydrogen-bond acceptors (Lipinski definition) is 3. The molecule has 0 spiro atoms. The SMILES string of the molecule is CC1CNCCN1C(=O)C1CC(=O)N(C(C)c2ccccc2)C1. The molecule has 2 saturated heterocycles. The van der Waals surface area contributed by atoms with Gasteiger partial charge in [0.15, 0.2) is 0 Å². The van der Waals surface area contributed by atoms with Gasteiger partial charge in [-0.15, -0.1) is 0 Å². The minimum Gasteiger partial charge on any atom is -0.337 e. The Labute approximate surface area is 137 Å². The molecule has 0 radical (unpaired) electrons. The summed E-state index contributed by atoms with van der Waals surface area (Å²) >= 11 is 0. The predicted octanol–water partition coefficient (Wildman–Crippen LogP) is 1.42. The van der Waals surface area contributed by atoms with Crippen molar-refractivity contribution in [2.24, 2.45) is 5.92 Å². The molecule has 5 heteroatoms. The molecule has 1 aromatic rings. The van der Waals surface area contributed by atoms with Gasteiger partial charge in [0.2, 0.25) is 11.8 Å². The molecule has 0 aromatic heterocycles. The molecule has 2 heterocycles. The van der Waals surface area contributed by atoms with Crippen LogP contribution in [-0.4, -0.2) is 53.8 Å². The van der Waals surface area contributed by atoms with E-state index in [9.17, 15) is 9.59 Å². The normalized spacial score (nSPS) is 26.4. The van der Waals surface area contributed by atoms with Crippen LogP contribution >= 0.6 is 0 Å². The summed E-state index contributed by atoms with van der Waals surface area (Å²) in [7, 11) is 0. The highest BCUT2D eigenvalue weighted by atomic mass is 16.2. The molecule has 3 rings (SSSR count). The van der Waals surface area contributed by atoms with Gasteiger partial charge in [-0.1, -0.05) is 30.3 Å². The minimum atomic E-state index is -0.200. The second-order valence-electron chi connectivity index (χ2n) is 6.62. The van der Waals surface area contributed by atoms with Crippen molar-refractivity contribution in [3.63, 3.8) is 0 Å². The van der Waals surface area contributed by atoms with Gasteiger partial charge in [0.1, 0.15) is 0 Å². The lowest BCUT2D eigenvalue weighted by Crippen LogP contribution is -2.54. The van der Waals surface area contributed by atoms with Crippen LogP contribution in [0.5, 0.6) is 0 Å². The van der Waals surface area contributed by atoms with Crippen molar-refractivity contribution in [1.82, 2.24) is 15.1 Å². The van der Waals surface area contributed by atoms with Crippen molar-refractivity contribution in [1.29, 1.82) is 0 Å². The lowest BCUT2D eigenvalue weighted by molar-refractivity contribution is -0.138. The smallest absolute Gasteiger partial charge is 0.228 e. The van der Waals surface area contributed by atoms with E-state index in [2.05, 4.69) is 12.2 Å². The van der Waals surface area contributed by atoms with Crippen molar-refractivity contribution in [3.05, 3.63) is 35.9 Å². The third kappa shape index (κ3) is 3.24. The maximum absolute atomic E-state index is 12.8. The number of benzene rings is 1. The molecule has 2 amide bonds. The second-order valence-corrected chi connectivity index (χ2v) is 6.62. The van der Waals surface area contributed by atoms with Crippen LogP contribution in [0, 0.1) is 5.92 Å². The number of hydrogen-bond donors (Lipinski definition) is 1. The molecule has 23 heavy (non-hydrogen) atoms. The van der Waals surface area contributed by atoms with Crippen LogP contribution < -0.4 is 5.32 Å². The first kappa shape index (κ1) is 16.0. The van der Waals surface area contributed by atoms with E-state index >= 15 is 0 Å². The zero-order valence-corrected chi connectivity index (χ0v) is 13.9. The van der Waals surface area contributed by atoms with Gasteiger partial charge in [-0.05, 0) is 19.4 Å². The minimum absolute atomic E-state index is 0.0157. The number of nitrogens with one attached hydrogen (secondary N) is 1. The highest BCUT2D eigenvalue weighted by molar-refractivity contribution is 5.89. The van der Waals surface area contributed by atoms with Crippen LogP contribution in [0.1, 0.15) is 31.9 Å². The molecule has 5 nitrogen and oxygen atoms in total. The van der Waals surface area contributed by atoms with Crippen molar-refractivity contribution < 1.29 is 9.59 Å². The van der Waals surface area contributed by atoms with Crippen LogP contribution in [0.2, 0.25) is 0 Å². The summed E-state index contributed by atoms with van der Waals surface area (Å²) in [6.07, 6.45) is 0.340. The average molecular weight is 315 g/mol. The largest absolute Gasteiger partial charge is 0.337 e. The highest BCUT2D eigenvalue weighted by Gasteiger charge is 2.39. The van der Waals surface area contributed by atoms with Crippen LogP contribution in [0.25, 0.3) is 0 Å². The Hall–Kier alpha value is -1.88. The van der Waals surface area contributed by atoms with Gasteiger partial charge >= 0.3 is 0 Å². The van der Waals surface area contributed by atoms with Crippen LogP contribution in [-0.2, 0) is 9.59 Å². The quantitative estimate of drug-likeness (QED) is 0.918. The van der Waals surface area contributed by atoms with Crippen LogP contribution in [0.3, 0.4) is 0 Å². The number of carbonyl (C=O) groups is 2. The molecule has 3 unspecified atom stereocenters. The molecular formula is C18H25N3O2. The molecule has 3 atom stereocenters. The van der Waals surface area contributed by atoms with Crippen molar-refractivity contribution in [2.45, 2.75) is 32.4 Å².